The molecule has 242 valence electrons. The highest BCUT2D eigenvalue weighted by Gasteiger charge is 2.29. The Morgan fingerprint density at radius 1 is 1.00 bits per heavy atom. The van der Waals surface area contributed by atoms with E-state index in [1.165, 1.54) is 12.1 Å². The summed E-state index contributed by atoms with van der Waals surface area (Å²) >= 11 is 2.06. The Morgan fingerprint density at radius 2 is 1.71 bits per heavy atom. The molecule has 4 aromatic rings. The Hall–Kier alpha value is -2.61. The van der Waals surface area contributed by atoms with Gasteiger partial charge >= 0.3 is 7.82 Å². The Labute approximate surface area is 276 Å². The number of anilines is 1. The van der Waals surface area contributed by atoms with Crippen molar-refractivity contribution in [3.8, 4) is 11.1 Å². The van der Waals surface area contributed by atoms with Gasteiger partial charge in [0.2, 0.25) is 0 Å². The van der Waals surface area contributed by atoms with Crippen LogP contribution < -0.4 is 10.5 Å². The van der Waals surface area contributed by atoms with Crippen molar-refractivity contribution in [3.63, 3.8) is 0 Å². The molecular weight excluding hydrogens is 713 g/mol. The van der Waals surface area contributed by atoms with Crippen LogP contribution in [0.15, 0.2) is 59.8 Å². The summed E-state index contributed by atoms with van der Waals surface area (Å²) in [4.78, 5) is 20.3. The van der Waals surface area contributed by atoms with Crippen LogP contribution >= 0.6 is 30.4 Å². The van der Waals surface area contributed by atoms with Crippen LogP contribution in [0.1, 0.15) is 33.3 Å². The Morgan fingerprint density at radius 3 is 2.36 bits per heavy atom. The number of benzene rings is 1. The van der Waals surface area contributed by atoms with Crippen molar-refractivity contribution < 1.29 is 27.3 Å². The van der Waals surface area contributed by atoms with Crippen molar-refractivity contribution >= 4 is 47.1 Å². The topological polar surface area (TPSA) is 97.0 Å². The third kappa shape index (κ3) is 8.81. The zero-order valence-electron chi connectivity index (χ0n) is 25.9. The monoisotopic (exact) mass is 752 g/mol. The molecule has 1 saturated heterocycles. The number of hydrogen-bond donors (Lipinski definition) is 0. The molecule has 0 bridgehead atoms. The van der Waals surface area contributed by atoms with Gasteiger partial charge in [-0.15, -0.1) is 0 Å². The SMILES string of the molecule is CC(C)COP(=O)(OCC(C)C)OCn1cc(-c2ccn(Cc3cc(F)cc(I)c3)c(=O)c2)c2cc(N3CCOCC3)cnc21. The fourth-order valence-corrected chi connectivity index (χ4v) is 7.06. The Balaban J connectivity index is 1.49. The molecule has 4 heterocycles. The van der Waals surface area contributed by atoms with Gasteiger partial charge < -0.3 is 18.8 Å². The molecule has 5 rings (SSSR count). The molecule has 1 fully saturated rings. The average molecular weight is 753 g/mol. The lowest BCUT2D eigenvalue weighted by Crippen LogP contribution is -2.36. The molecular formula is C32H39FIN4O6P. The second kappa shape index (κ2) is 14.9. The van der Waals surface area contributed by atoms with E-state index in [0.717, 1.165) is 33.3 Å². The van der Waals surface area contributed by atoms with Gasteiger partial charge in [0.05, 0.1) is 44.9 Å². The van der Waals surface area contributed by atoms with Gasteiger partial charge in [0.15, 0.2) is 0 Å². The van der Waals surface area contributed by atoms with Gasteiger partial charge in [0.1, 0.15) is 18.2 Å². The van der Waals surface area contributed by atoms with Crippen LogP contribution in [-0.4, -0.2) is 53.6 Å². The molecule has 1 aliphatic heterocycles. The van der Waals surface area contributed by atoms with Gasteiger partial charge in [-0.05, 0) is 75.9 Å². The van der Waals surface area contributed by atoms with Crippen LogP contribution in [0.5, 0.6) is 0 Å². The number of rotatable bonds is 13. The van der Waals surface area contributed by atoms with E-state index in [0.29, 0.717) is 30.0 Å². The highest BCUT2D eigenvalue weighted by Crippen LogP contribution is 2.50. The van der Waals surface area contributed by atoms with Gasteiger partial charge in [-0.3, -0.25) is 18.4 Å². The van der Waals surface area contributed by atoms with Crippen molar-refractivity contribution in [1.82, 2.24) is 14.1 Å². The van der Waals surface area contributed by atoms with Crippen molar-refractivity contribution in [2.24, 2.45) is 11.8 Å². The highest BCUT2D eigenvalue weighted by atomic mass is 127. The predicted octanol–water partition coefficient (Wildman–Crippen LogP) is 6.92. The third-order valence-corrected chi connectivity index (χ3v) is 9.13. The molecule has 0 atom stereocenters. The van der Waals surface area contributed by atoms with Crippen molar-refractivity contribution in [2.75, 3.05) is 44.4 Å². The van der Waals surface area contributed by atoms with E-state index in [2.05, 4.69) is 27.5 Å². The number of aromatic nitrogens is 3. The van der Waals surface area contributed by atoms with Gasteiger partial charge in [-0.1, -0.05) is 27.7 Å². The van der Waals surface area contributed by atoms with Crippen LogP contribution in [-0.2, 0) is 36.1 Å². The number of phosphoric ester groups is 1. The summed E-state index contributed by atoms with van der Waals surface area (Å²) < 4.78 is 54.3. The van der Waals surface area contributed by atoms with E-state index in [9.17, 15) is 13.8 Å². The highest BCUT2D eigenvalue weighted by molar-refractivity contribution is 14.1. The second-order valence-corrected chi connectivity index (χ2v) is 14.8. The summed E-state index contributed by atoms with van der Waals surface area (Å²) in [5.41, 5.74) is 3.46. The van der Waals surface area contributed by atoms with Crippen molar-refractivity contribution in [3.05, 3.63) is 80.3 Å². The molecule has 3 aromatic heterocycles. The van der Waals surface area contributed by atoms with Crippen LogP contribution in [0, 0.1) is 21.2 Å². The number of fused-ring (bicyclic) bond motifs is 1. The van der Waals surface area contributed by atoms with E-state index in [-0.39, 0.29) is 49.7 Å². The zero-order valence-corrected chi connectivity index (χ0v) is 29.0. The minimum absolute atomic E-state index is 0.135. The van der Waals surface area contributed by atoms with Crippen LogP contribution in [0.2, 0.25) is 0 Å². The maximum absolute atomic E-state index is 14.0. The van der Waals surface area contributed by atoms with Gasteiger partial charge in [0, 0.05) is 46.1 Å². The summed E-state index contributed by atoms with van der Waals surface area (Å²) in [6, 6.07) is 10.2. The quantitative estimate of drug-likeness (QED) is 0.107. The molecule has 13 heteroatoms. The molecule has 45 heavy (non-hydrogen) atoms. The minimum atomic E-state index is -3.87. The summed E-state index contributed by atoms with van der Waals surface area (Å²) in [7, 11) is -3.87. The summed E-state index contributed by atoms with van der Waals surface area (Å²) in [5.74, 6) is -0.0695. The molecule has 1 aliphatic rings. The predicted molar refractivity (Wildman–Crippen MR) is 181 cm³/mol. The lowest BCUT2D eigenvalue weighted by Gasteiger charge is -2.28. The van der Waals surface area contributed by atoms with Crippen LogP contribution in [0.25, 0.3) is 22.2 Å². The maximum atomic E-state index is 14.0. The molecule has 10 nitrogen and oxygen atoms in total. The zero-order chi connectivity index (χ0) is 32.1. The number of pyridine rings is 2. The van der Waals surface area contributed by atoms with E-state index in [1.54, 1.807) is 27.6 Å². The van der Waals surface area contributed by atoms with Crippen molar-refractivity contribution in [2.45, 2.75) is 41.0 Å². The molecule has 0 radical (unpaired) electrons. The fraction of sp³-hybridized carbons (Fsp3) is 0.438. The largest absolute Gasteiger partial charge is 0.476 e. The maximum Gasteiger partial charge on any atom is 0.476 e. The number of morpholine rings is 1. The molecule has 0 saturated carbocycles. The summed E-state index contributed by atoms with van der Waals surface area (Å²) in [6.07, 6.45) is 5.35. The van der Waals surface area contributed by atoms with E-state index in [4.69, 9.17) is 23.3 Å². The van der Waals surface area contributed by atoms with Gasteiger partial charge in [-0.25, -0.2) is 13.9 Å². The molecule has 0 N–H and O–H groups in total. The van der Waals surface area contributed by atoms with E-state index >= 15 is 0 Å². The van der Waals surface area contributed by atoms with Gasteiger partial charge in [-0.2, -0.15) is 0 Å². The molecule has 0 amide bonds. The van der Waals surface area contributed by atoms with E-state index in [1.807, 2.05) is 52.1 Å². The number of ether oxygens (including phenoxy) is 1. The fourth-order valence-electron chi connectivity index (χ4n) is 4.91. The first-order chi connectivity index (χ1) is 21.5. The lowest BCUT2D eigenvalue weighted by molar-refractivity contribution is 0.0768. The first kappa shape index (κ1) is 33.7. The van der Waals surface area contributed by atoms with Crippen molar-refractivity contribution in [1.29, 1.82) is 0 Å². The normalized spacial score (nSPS) is 14.3. The average Bonchev–Trinajstić information content (AvgIpc) is 3.37. The second-order valence-electron chi connectivity index (χ2n) is 11.9. The minimum Gasteiger partial charge on any atom is -0.378 e. The first-order valence-electron chi connectivity index (χ1n) is 15.0. The number of phosphoric acid groups is 1. The Bertz CT molecular complexity index is 1700. The summed E-state index contributed by atoms with van der Waals surface area (Å²) in [5, 5.41) is 0.806. The van der Waals surface area contributed by atoms with E-state index < -0.39 is 7.82 Å². The number of halogens is 2. The standard InChI is InChI=1S/C32H39FIN4O6P/c1-22(2)19-42-45(40,43-20-23(3)4)44-21-38-18-30(29-15-28(16-35-32(29)38)36-7-9-41-10-8-36)25-5-6-37(31(39)13-25)17-24-11-26(33)14-27(34)12-24/h5-6,11-16,18,22-23H,7-10,17,19-21H2,1-4H3. The van der Waals surface area contributed by atoms with Crippen LogP contribution in [0.4, 0.5) is 10.1 Å². The molecule has 1 aromatic carbocycles. The van der Waals surface area contributed by atoms with Gasteiger partial charge in [0.25, 0.3) is 5.56 Å². The third-order valence-electron chi connectivity index (χ3n) is 7.14. The smallest absolute Gasteiger partial charge is 0.378 e. The number of hydrogen-bond acceptors (Lipinski definition) is 8. The molecule has 0 aliphatic carbocycles. The van der Waals surface area contributed by atoms with Crippen LogP contribution in [0.3, 0.4) is 0 Å². The lowest BCUT2D eigenvalue weighted by atomic mass is 10.1. The first-order valence-corrected chi connectivity index (χ1v) is 17.5. The molecule has 0 spiro atoms. The summed E-state index contributed by atoms with van der Waals surface area (Å²) in [6.45, 7) is 11.1. The molecule has 0 unspecified atom stereocenters. The number of nitrogens with zero attached hydrogens (tertiary/aromatic N) is 4. The Kier molecular flexibility index (Phi) is 11.1.